The molecule has 2 aromatic rings. The lowest BCUT2D eigenvalue weighted by molar-refractivity contribution is -0.136. The van der Waals surface area contributed by atoms with Crippen LogP contribution in [-0.4, -0.2) is 12.6 Å². The Kier molecular flexibility index (Phi) is 5.82. The van der Waals surface area contributed by atoms with Crippen LogP contribution in [0, 0.1) is 11.8 Å². The van der Waals surface area contributed by atoms with Gasteiger partial charge in [-0.3, -0.25) is 0 Å². The molecule has 0 bridgehead atoms. The average Bonchev–Trinajstić information content (AvgIpc) is 2.54. The Balaban J connectivity index is 2.31. The first-order valence-corrected chi connectivity index (χ1v) is 7.73. The molecule has 0 fully saturated rings. The molecule has 0 unspecified atom stereocenters. The number of rotatable bonds is 3. The summed E-state index contributed by atoms with van der Waals surface area (Å²) in [7, 11) is 0. The molecule has 0 aliphatic heterocycles. The SMILES string of the molecule is CCOC(=O)C#CC(F)(F)c1ccc(-c2ccc(Cl)cc2)c(Cl)c1. The lowest BCUT2D eigenvalue weighted by Gasteiger charge is -2.12. The van der Waals surface area contributed by atoms with E-state index in [1.807, 2.05) is 0 Å². The molecule has 6 heteroatoms. The van der Waals surface area contributed by atoms with Crippen LogP contribution in [-0.2, 0) is 15.5 Å². The molecule has 0 heterocycles. The molecule has 0 aliphatic rings. The van der Waals surface area contributed by atoms with E-state index in [0.29, 0.717) is 10.6 Å². The van der Waals surface area contributed by atoms with Crippen molar-refractivity contribution < 1.29 is 18.3 Å². The molecule has 124 valence electrons. The molecule has 24 heavy (non-hydrogen) atoms. The molecule has 0 spiro atoms. The van der Waals surface area contributed by atoms with Crippen LogP contribution >= 0.6 is 23.2 Å². The van der Waals surface area contributed by atoms with Crippen molar-refractivity contribution in [2.24, 2.45) is 0 Å². The molecule has 0 radical (unpaired) electrons. The molecule has 0 amide bonds. The number of alkyl halides is 2. The van der Waals surface area contributed by atoms with Crippen LogP contribution in [0.2, 0.25) is 10.0 Å². The van der Waals surface area contributed by atoms with Crippen LogP contribution in [0.5, 0.6) is 0 Å². The van der Waals surface area contributed by atoms with Gasteiger partial charge in [0.1, 0.15) is 0 Å². The Bertz CT molecular complexity index is 806. The summed E-state index contributed by atoms with van der Waals surface area (Å²) in [5.41, 5.74) is 0.935. The van der Waals surface area contributed by atoms with Crippen molar-refractivity contribution in [1.82, 2.24) is 0 Å². The molecular formula is C18H12Cl2F2O2. The second-order valence-corrected chi connectivity index (χ2v) is 5.59. The fourth-order valence-corrected chi connectivity index (χ4v) is 2.36. The zero-order chi connectivity index (χ0) is 17.7. The van der Waals surface area contributed by atoms with Gasteiger partial charge in [-0.1, -0.05) is 47.5 Å². The topological polar surface area (TPSA) is 26.3 Å². The highest BCUT2D eigenvalue weighted by atomic mass is 35.5. The van der Waals surface area contributed by atoms with Crippen molar-refractivity contribution in [2.45, 2.75) is 12.8 Å². The van der Waals surface area contributed by atoms with Gasteiger partial charge in [0.15, 0.2) is 0 Å². The van der Waals surface area contributed by atoms with Crippen LogP contribution in [0.4, 0.5) is 8.78 Å². The highest BCUT2D eigenvalue weighted by molar-refractivity contribution is 6.33. The predicted octanol–water partition coefficient (Wildman–Crippen LogP) is 5.32. The number of carbonyl (C=O) groups excluding carboxylic acids is 1. The summed E-state index contributed by atoms with van der Waals surface area (Å²) in [6.45, 7) is 1.63. The minimum atomic E-state index is -3.52. The van der Waals surface area contributed by atoms with E-state index in [9.17, 15) is 13.6 Å². The van der Waals surface area contributed by atoms with Gasteiger partial charge in [-0.2, -0.15) is 8.78 Å². The fraction of sp³-hybridized carbons (Fsp3) is 0.167. The maximum atomic E-state index is 14.1. The maximum Gasteiger partial charge on any atom is 0.384 e. The number of esters is 1. The first kappa shape index (κ1) is 18.3. The minimum absolute atomic E-state index is 0.0701. The summed E-state index contributed by atoms with van der Waals surface area (Å²) in [6.07, 6.45) is 0. The van der Waals surface area contributed by atoms with Crippen LogP contribution in [0.15, 0.2) is 42.5 Å². The molecular weight excluding hydrogens is 357 g/mol. The molecule has 0 saturated carbocycles. The van der Waals surface area contributed by atoms with Crippen molar-refractivity contribution in [1.29, 1.82) is 0 Å². The third-order valence-corrected chi connectivity index (χ3v) is 3.65. The summed E-state index contributed by atoms with van der Waals surface area (Å²) in [4.78, 5) is 11.1. The lowest BCUT2D eigenvalue weighted by Crippen LogP contribution is -2.11. The third-order valence-electron chi connectivity index (χ3n) is 3.08. The first-order valence-electron chi connectivity index (χ1n) is 6.97. The van der Waals surface area contributed by atoms with Gasteiger partial charge < -0.3 is 4.74 Å². The van der Waals surface area contributed by atoms with Gasteiger partial charge in [-0.25, -0.2) is 4.79 Å². The number of hydrogen-bond donors (Lipinski definition) is 0. The Morgan fingerprint density at radius 1 is 1.17 bits per heavy atom. The van der Waals surface area contributed by atoms with Crippen molar-refractivity contribution in [3.63, 3.8) is 0 Å². The van der Waals surface area contributed by atoms with Crippen molar-refractivity contribution in [3.05, 3.63) is 58.1 Å². The summed E-state index contributed by atoms with van der Waals surface area (Å²) >= 11 is 11.9. The van der Waals surface area contributed by atoms with E-state index in [4.69, 9.17) is 23.2 Å². The van der Waals surface area contributed by atoms with E-state index in [-0.39, 0.29) is 11.6 Å². The summed E-state index contributed by atoms with van der Waals surface area (Å²) in [5.74, 6) is -1.12. The van der Waals surface area contributed by atoms with E-state index in [1.165, 1.54) is 12.1 Å². The number of carbonyl (C=O) groups is 1. The second-order valence-electron chi connectivity index (χ2n) is 4.75. The van der Waals surface area contributed by atoms with Gasteiger partial charge in [0.2, 0.25) is 0 Å². The molecule has 0 saturated heterocycles. The van der Waals surface area contributed by atoms with E-state index >= 15 is 0 Å². The van der Waals surface area contributed by atoms with Crippen LogP contribution in [0.1, 0.15) is 12.5 Å². The Morgan fingerprint density at radius 2 is 1.83 bits per heavy atom. The van der Waals surface area contributed by atoms with E-state index in [0.717, 1.165) is 11.6 Å². The second kappa shape index (κ2) is 7.65. The molecule has 0 atom stereocenters. The van der Waals surface area contributed by atoms with E-state index in [2.05, 4.69) is 4.74 Å². The highest BCUT2D eigenvalue weighted by Gasteiger charge is 2.30. The van der Waals surface area contributed by atoms with Gasteiger partial charge in [0, 0.05) is 27.1 Å². The number of ether oxygens (including phenoxy) is 1. The molecule has 0 N–H and O–H groups in total. The first-order chi connectivity index (χ1) is 11.3. The molecule has 0 aromatic heterocycles. The summed E-state index contributed by atoms with van der Waals surface area (Å²) in [5, 5.41) is 0.708. The lowest BCUT2D eigenvalue weighted by atomic mass is 10.0. The Hall–Kier alpha value is -2.09. The van der Waals surface area contributed by atoms with Gasteiger partial charge in [0.05, 0.1) is 6.61 Å². The summed E-state index contributed by atoms with van der Waals surface area (Å²) in [6, 6.07) is 10.7. The number of halogens is 4. The van der Waals surface area contributed by atoms with Crippen molar-refractivity contribution in [2.75, 3.05) is 6.61 Å². The van der Waals surface area contributed by atoms with Gasteiger partial charge in [-0.05, 0) is 36.6 Å². The number of benzene rings is 2. The van der Waals surface area contributed by atoms with E-state index in [1.54, 1.807) is 43.0 Å². The van der Waals surface area contributed by atoms with Crippen molar-refractivity contribution >= 4 is 29.2 Å². The smallest absolute Gasteiger partial charge is 0.384 e. The molecule has 2 rings (SSSR count). The van der Waals surface area contributed by atoms with Crippen LogP contribution in [0.3, 0.4) is 0 Å². The normalized spacial score (nSPS) is 10.7. The van der Waals surface area contributed by atoms with Crippen LogP contribution < -0.4 is 0 Å². The Labute approximate surface area is 148 Å². The van der Waals surface area contributed by atoms with Gasteiger partial charge in [0.25, 0.3) is 0 Å². The predicted molar refractivity (Wildman–Crippen MR) is 90.2 cm³/mol. The fourth-order valence-electron chi connectivity index (χ4n) is 1.94. The third kappa shape index (κ3) is 4.47. The average molecular weight is 369 g/mol. The quantitative estimate of drug-likeness (QED) is 0.416. The summed E-state index contributed by atoms with van der Waals surface area (Å²) < 4.78 is 32.6. The molecule has 0 aliphatic carbocycles. The standard InChI is InChI=1S/C18H12Cl2F2O2/c1-2-24-17(23)9-10-18(21,22)13-5-8-15(16(20)11-13)12-3-6-14(19)7-4-12/h3-8,11H,2H2,1H3. The minimum Gasteiger partial charge on any atom is -0.456 e. The van der Waals surface area contributed by atoms with Crippen molar-refractivity contribution in [3.8, 4) is 23.0 Å². The maximum absolute atomic E-state index is 14.1. The highest BCUT2D eigenvalue weighted by Crippen LogP contribution is 2.34. The zero-order valence-corrected chi connectivity index (χ0v) is 14.1. The monoisotopic (exact) mass is 368 g/mol. The van der Waals surface area contributed by atoms with Gasteiger partial charge in [-0.15, -0.1) is 0 Å². The van der Waals surface area contributed by atoms with Gasteiger partial charge >= 0.3 is 11.9 Å². The molecule has 2 nitrogen and oxygen atoms in total. The largest absolute Gasteiger partial charge is 0.456 e. The zero-order valence-electron chi connectivity index (χ0n) is 12.6. The molecule has 2 aromatic carbocycles. The number of hydrogen-bond acceptors (Lipinski definition) is 2. The van der Waals surface area contributed by atoms with E-state index < -0.39 is 17.5 Å². The Morgan fingerprint density at radius 3 is 2.42 bits per heavy atom. The van der Waals surface area contributed by atoms with Crippen LogP contribution in [0.25, 0.3) is 11.1 Å².